The second kappa shape index (κ2) is 12.1. The van der Waals surface area contributed by atoms with Crippen molar-refractivity contribution >= 4 is 37.5 Å². The molecule has 1 fully saturated rings. The molecule has 234 valence electrons. The Morgan fingerprint density at radius 3 is 2.72 bits per heavy atom. The van der Waals surface area contributed by atoms with Gasteiger partial charge in [0.15, 0.2) is 9.84 Å². The van der Waals surface area contributed by atoms with Gasteiger partial charge in [0.05, 0.1) is 21.9 Å². The Morgan fingerprint density at radius 2 is 1.87 bits per heavy atom. The van der Waals surface area contributed by atoms with Crippen LogP contribution in [0.15, 0.2) is 90.2 Å². The highest BCUT2D eigenvalue weighted by molar-refractivity contribution is 7.90. The van der Waals surface area contributed by atoms with Gasteiger partial charge in [-0.25, -0.2) is 27.8 Å². The summed E-state index contributed by atoms with van der Waals surface area (Å²) < 4.78 is 51.4. The molecule has 1 aliphatic rings. The number of hydrogen-bond donors (Lipinski definition) is 2. The average Bonchev–Trinajstić information content (AvgIpc) is 3.45. The van der Waals surface area contributed by atoms with E-state index in [4.69, 9.17) is 9.72 Å². The number of pyridine rings is 1. The molecule has 1 saturated heterocycles. The van der Waals surface area contributed by atoms with Gasteiger partial charge < -0.3 is 19.9 Å². The standard InChI is InChI=1S/C35H33FN6O3S/c1-22-10-11-24-25(12-13-29(36)28(24)21-46(43,44)32-9-3-8-31-27(32)15-19-42(31)2)33(22)45-34-26(7-5-17-38-34)30-14-18-39-35(41-30)40-23-6-4-16-37-20-23/h3,5,7-15,17-19,23,37H,4,6,16,20-21H2,1-2H3,(H,39,40,41)/t23-/m0/s1. The summed E-state index contributed by atoms with van der Waals surface area (Å²) >= 11 is 0. The predicted octanol–water partition coefficient (Wildman–Crippen LogP) is 6.56. The Balaban J connectivity index is 1.25. The van der Waals surface area contributed by atoms with Crippen LogP contribution < -0.4 is 15.4 Å². The minimum absolute atomic E-state index is 0.0836. The maximum atomic E-state index is 15.5. The predicted molar refractivity (Wildman–Crippen MR) is 177 cm³/mol. The highest BCUT2D eigenvalue weighted by Crippen LogP contribution is 2.39. The lowest BCUT2D eigenvalue weighted by Gasteiger charge is -2.23. The van der Waals surface area contributed by atoms with Gasteiger partial charge >= 0.3 is 0 Å². The van der Waals surface area contributed by atoms with Crippen molar-refractivity contribution in [2.24, 2.45) is 7.05 Å². The monoisotopic (exact) mass is 636 g/mol. The van der Waals surface area contributed by atoms with Gasteiger partial charge in [0, 0.05) is 60.1 Å². The van der Waals surface area contributed by atoms with E-state index in [2.05, 4.69) is 20.6 Å². The van der Waals surface area contributed by atoms with Crippen LogP contribution in [0.25, 0.3) is 32.9 Å². The van der Waals surface area contributed by atoms with Gasteiger partial charge in [0.2, 0.25) is 11.8 Å². The zero-order chi connectivity index (χ0) is 31.8. The Hall–Kier alpha value is -4.87. The molecule has 1 aliphatic heterocycles. The van der Waals surface area contributed by atoms with E-state index in [0.717, 1.165) is 37.0 Å². The van der Waals surface area contributed by atoms with Crippen molar-refractivity contribution in [3.8, 4) is 22.9 Å². The molecular weight excluding hydrogens is 603 g/mol. The molecule has 7 rings (SSSR count). The smallest absolute Gasteiger partial charge is 0.228 e. The molecule has 4 heterocycles. The van der Waals surface area contributed by atoms with Gasteiger partial charge in [-0.05, 0) is 85.8 Å². The van der Waals surface area contributed by atoms with Crippen LogP contribution in [0.3, 0.4) is 0 Å². The fraction of sp³-hybridized carbons (Fsp3) is 0.229. The van der Waals surface area contributed by atoms with Crippen molar-refractivity contribution in [3.63, 3.8) is 0 Å². The van der Waals surface area contributed by atoms with Crippen LogP contribution in [-0.4, -0.2) is 47.1 Å². The van der Waals surface area contributed by atoms with Crippen molar-refractivity contribution in [1.82, 2.24) is 24.8 Å². The lowest BCUT2D eigenvalue weighted by Crippen LogP contribution is -2.38. The number of hydrogen-bond acceptors (Lipinski definition) is 8. The summed E-state index contributed by atoms with van der Waals surface area (Å²) in [5.74, 6) is 0.196. The van der Waals surface area contributed by atoms with Crippen molar-refractivity contribution in [2.75, 3.05) is 18.4 Å². The quantitative estimate of drug-likeness (QED) is 0.193. The maximum Gasteiger partial charge on any atom is 0.228 e. The van der Waals surface area contributed by atoms with E-state index in [0.29, 0.717) is 45.0 Å². The second-order valence-electron chi connectivity index (χ2n) is 11.6. The number of ether oxygens (including phenoxy) is 1. The van der Waals surface area contributed by atoms with Gasteiger partial charge in [-0.2, -0.15) is 0 Å². The largest absolute Gasteiger partial charge is 0.437 e. The molecule has 3 aromatic heterocycles. The van der Waals surface area contributed by atoms with E-state index >= 15 is 4.39 Å². The number of rotatable bonds is 8. The molecule has 0 spiro atoms. The number of aryl methyl sites for hydroxylation is 2. The number of anilines is 1. The molecule has 46 heavy (non-hydrogen) atoms. The normalized spacial score (nSPS) is 15.3. The summed E-state index contributed by atoms with van der Waals surface area (Å²) in [4.78, 5) is 13.9. The lowest BCUT2D eigenvalue weighted by atomic mass is 10.0. The molecule has 0 unspecified atom stereocenters. The first-order valence-electron chi connectivity index (χ1n) is 15.2. The maximum absolute atomic E-state index is 15.5. The number of sulfone groups is 1. The summed E-state index contributed by atoms with van der Waals surface area (Å²) in [5.41, 5.74) is 2.95. The Morgan fingerprint density at radius 1 is 1.00 bits per heavy atom. The Kier molecular flexibility index (Phi) is 7.87. The number of nitrogens with one attached hydrogen (secondary N) is 2. The van der Waals surface area contributed by atoms with E-state index in [1.165, 1.54) is 6.07 Å². The molecule has 0 bridgehead atoms. The van der Waals surface area contributed by atoms with Crippen LogP contribution in [0, 0.1) is 12.7 Å². The van der Waals surface area contributed by atoms with Gasteiger partial charge in [-0.15, -0.1) is 0 Å². The van der Waals surface area contributed by atoms with Crippen LogP contribution in [-0.2, 0) is 22.6 Å². The first-order valence-corrected chi connectivity index (χ1v) is 16.8. The van der Waals surface area contributed by atoms with E-state index in [9.17, 15) is 8.42 Å². The second-order valence-corrected chi connectivity index (χ2v) is 13.6. The van der Waals surface area contributed by atoms with Crippen LogP contribution in [0.4, 0.5) is 10.3 Å². The van der Waals surface area contributed by atoms with Gasteiger partial charge in [0.1, 0.15) is 11.6 Å². The fourth-order valence-corrected chi connectivity index (χ4v) is 7.74. The third-order valence-electron chi connectivity index (χ3n) is 8.49. The Labute approximate surface area is 266 Å². The highest BCUT2D eigenvalue weighted by Gasteiger charge is 2.24. The third kappa shape index (κ3) is 5.67. The van der Waals surface area contributed by atoms with Crippen molar-refractivity contribution in [2.45, 2.75) is 36.5 Å². The molecule has 6 aromatic rings. The van der Waals surface area contributed by atoms with Crippen LogP contribution in [0.1, 0.15) is 24.0 Å². The number of halogens is 1. The van der Waals surface area contributed by atoms with Crippen molar-refractivity contribution < 1.29 is 17.5 Å². The minimum atomic E-state index is -3.91. The zero-order valence-electron chi connectivity index (χ0n) is 25.5. The molecular formula is C35H33FN6O3S. The molecule has 0 radical (unpaired) electrons. The molecule has 9 nitrogen and oxygen atoms in total. The first kappa shape index (κ1) is 29.8. The number of piperidine rings is 1. The van der Waals surface area contributed by atoms with Crippen molar-refractivity contribution in [1.29, 1.82) is 0 Å². The molecule has 0 saturated carbocycles. The van der Waals surface area contributed by atoms with Crippen LogP contribution in [0.2, 0.25) is 0 Å². The van der Waals surface area contributed by atoms with Crippen molar-refractivity contribution in [3.05, 3.63) is 102 Å². The summed E-state index contributed by atoms with van der Waals surface area (Å²) in [6.07, 6.45) is 7.27. The highest BCUT2D eigenvalue weighted by atomic mass is 32.2. The minimum Gasteiger partial charge on any atom is -0.437 e. The zero-order valence-corrected chi connectivity index (χ0v) is 26.3. The third-order valence-corrected chi connectivity index (χ3v) is 10.2. The topological polar surface area (TPSA) is 111 Å². The summed E-state index contributed by atoms with van der Waals surface area (Å²) in [7, 11) is -2.05. The molecule has 1 atom stereocenters. The summed E-state index contributed by atoms with van der Waals surface area (Å²) in [5, 5.41) is 8.44. The van der Waals surface area contributed by atoms with Crippen LogP contribution in [0.5, 0.6) is 11.6 Å². The van der Waals surface area contributed by atoms with Gasteiger partial charge in [-0.3, -0.25) is 0 Å². The summed E-state index contributed by atoms with van der Waals surface area (Å²) in [6, 6.07) is 19.1. The molecule has 3 aromatic carbocycles. The SMILES string of the molecule is Cc1ccc2c(CS(=O)(=O)c3cccc4c3ccn4C)c(F)ccc2c1Oc1ncccc1-c1ccnc(N[C@H]2CCCNC2)n1. The van der Waals surface area contributed by atoms with Gasteiger partial charge in [-0.1, -0.05) is 18.2 Å². The number of nitrogens with zero attached hydrogens (tertiary/aromatic N) is 4. The molecule has 0 aliphatic carbocycles. The summed E-state index contributed by atoms with van der Waals surface area (Å²) in [6.45, 7) is 3.75. The molecule has 2 N–H and O–H groups in total. The number of fused-ring (bicyclic) bond motifs is 2. The van der Waals surface area contributed by atoms with E-state index in [-0.39, 0.29) is 16.5 Å². The lowest BCUT2D eigenvalue weighted by molar-refractivity contribution is 0.466. The first-order chi connectivity index (χ1) is 22.3. The Bertz CT molecular complexity index is 2190. The van der Waals surface area contributed by atoms with E-state index < -0.39 is 21.4 Å². The number of aromatic nitrogens is 4. The average molecular weight is 637 g/mol. The van der Waals surface area contributed by atoms with Crippen LogP contribution >= 0.6 is 0 Å². The number of benzene rings is 3. The van der Waals surface area contributed by atoms with E-state index in [1.807, 2.05) is 42.9 Å². The molecule has 11 heteroatoms. The van der Waals surface area contributed by atoms with E-state index in [1.54, 1.807) is 54.9 Å². The van der Waals surface area contributed by atoms with Gasteiger partial charge in [0.25, 0.3) is 0 Å². The molecule has 0 amide bonds. The fourth-order valence-electron chi connectivity index (χ4n) is 6.12.